The molecule has 0 saturated heterocycles. The van der Waals surface area contributed by atoms with Crippen molar-refractivity contribution in [3.05, 3.63) is 0 Å². The average molecular weight is 128 g/mol. The molecule has 0 N–H and O–H groups in total. The third-order valence-corrected chi connectivity index (χ3v) is 1.70. The van der Waals surface area contributed by atoms with Gasteiger partial charge in [0.15, 0.2) is 0 Å². The summed E-state index contributed by atoms with van der Waals surface area (Å²) in [7, 11) is 0. The molecule has 0 unspecified atom stereocenters. The molecule has 0 amide bonds. The minimum Gasteiger partial charge on any atom is -0.303 e. The third-order valence-electron chi connectivity index (χ3n) is 1.70. The van der Waals surface area contributed by atoms with E-state index in [2.05, 4.69) is 27.7 Å². The van der Waals surface area contributed by atoms with Crippen molar-refractivity contribution in [3.63, 3.8) is 0 Å². The molecule has 0 radical (unpaired) electrons. The van der Waals surface area contributed by atoms with Crippen molar-refractivity contribution < 1.29 is 4.79 Å². The summed E-state index contributed by atoms with van der Waals surface area (Å²) in [6.45, 7) is 8.33. The first-order chi connectivity index (χ1) is 4.09. The molecule has 0 rings (SSSR count). The molecular weight excluding hydrogens is 112 g/mol. The lowest BCUT2D eigenvalue weighted by Gasteiger charge is -2.17. The topological polar surface area (TPSA) is 17.1 Å². The molecule has 0 aromatic heterocycles. The normalized spacial score (nSPS) is 11.4. The van der Waals surface area contributed by atoms with Crippen LogP contribution < -0.4 is 0 Å². The first-order valence-electron chi connectivity index (χ1n) is 3.55. The van der Waals surface area contributed by atoms with Crippen molar-refractivity contribution in [2.75, 3.05) is 0 Å². The van der Waals surface area contributed by atoms with Crippen molar-refractivity contribution >= 4 is 6.29 Å². The summed E-state index contributed by atoms with van der Waals surface area (Å²) in [6, 6.07) is 0. The molecule has 0 saturated carbocycles. The summed E-state index contributed by atoms with van der Waals surface area (Å²) in [5, 5.41) is 0. The number of rotatable bonds is 3. The lowest BCUT2D eigenvalue weighted by atomic mass is 9.87. The third kappa shape index (κ3) is 2.64. The zero-order valence-corrected chi connectivity index (χ0v) is 6.72. The standard InChI is InChI=1S/C8H16O/c1-6(2)8(5-9)7(3)4/h5-8H,1-4H3. The summed E-state index contributed by atoms with van der Waals surface area (Å²) in [5.74, 6) is 1.22. The van der Waals surface area contributed by atoms with E-state index < -0.39 is 0 Å². The van der Waals surface area contributed by atoms with Crippen LogP contribution in [0.5, 0.6) is 0 Å². The van der Waals surface area contributed by atoms with Crippen LogP contribution >= 0.6 is 0 Å². The second-order valence-corrected chi connectivity index (χ2v) is 3.20. The van der Waals surface area contributed by atoms with Gasteiger partial charge in [0.1, 0.15) is 6.29 Å². The van der Waals surface area contributed by atoms with E-state index in [4.69, 9.17) is 0 Å². The molecule has 0 fully saturated rings. The van der Waals surface area contributed by atoms with Gasteiger partial charge >= 0.3 is 0 Å². The van der Waals surface area contributed by atoms with Gasteiger partial charge in [-0.05, 0) is 11.8 Å². The van der Waals surface area contributed by atoms with Gasteiger partial charge in [0.25, 0.3) is 0 Å². The second-order valence-electron chi connectivity index (χ2n) is 3.20. The van der Waals surface area contributed by atoms with Gasteiger partial charge in [-0.1, -0.05) is 27.7 Å². The van der Waals surface area contributed by atoms with Gasteiger partial charge in [0, 0.05) is 5.92 Å². The highest BCUT2D eigenvalue weighted by Gasteiger charge is 2.15. The van der Waals surface area contributed by atoms with Crippen LogP contribution in [0.2, 0.25) is 0 Å². The summed E-state index contributed by atoms with van der Waals surface area (Å²) >= 11 is 0. The molecule has 0 aromatic carbocycles. The Labute approximate surface area is 57.5 Å². The van der Waals surface area contributed by atoms with Crippen molar-refractivity contribution in [2.45, 2.75) is 27.7 Å². The van der Waals surface area contributed by atoms with Crippen LogP contribution in [0.4, 0.5) is 0 Å². The Kier molecular flexibility index (Phi) is 3.52. The number of carbonyl (C=O) groups is 1. The van der Waals surface area contributed by atoms with E-state index in [1.807, 2.05) is 0 Å². The van der Waals surface area contributed by atoms with Gasteiger partial charge in [-0.2, -0.15) is 0 Å². The molecule has 0 aliphatic carbocycles. The van der Waals surface area contributed by atoms with E-state index in [0.29, 0.717) is 11.8 Å². The molecule has 1 heteroatoms. The van der Waals surface area contributed by atoms with Crippen LogP contribution in [-0.2, 0) is 4.79 Å². The lowest BCUT2D eigenvalue weighted by molar-refractivity contribution is -0.113. The smallest absolute Gasteiger partial charge is 0.123 e. The van der Waals surface area contributed by atoms with Gasteiger partial charge in [0.2, 0.25) is 0 Å². The van der Waals surface area contributed by atoms with Crippen molar-refractivity contribution in [1.82, 2.24) is 0 Å². The molecule has 1 nitrogen and oxygen atoms in total. The van der Waals surface area contributed by atoms with E-state index in [9.17, 15) is 4.79 Å². The second kappa shape index (κ2) is 3.65. The van der Waals surface area contributed by atoms with Gasteiger partial charge in [0.05, 0.1) is 0 Å². The zero-order chi connectivity index (χ0) is 7.44. The minimum absolute atomic E-state index is 0.241. The van der Waals surface area contributed by atoms with E-state index in [1.165, 1.54) is 0 Å². The maximum absolute atomic E-state index is 10.4. The quantitative estimate of drug-likeness (QED) is 0.532. The molecule has 0 aliphatic rings. The van der Waals surface area contributed by atoms with Crippen LogP contribution in [0.25, 0.3) is 0 Å². The van der Waals surface area contributed by atoms with Crippen LogP contribution in [0.1, 0.15) is 27.7 Å². The van der Waals surface area contributed by atoms with E-state index in [-0.39, 0.29) is 5.92 Å². The Bertz CT molecular complexity index is 76.6. The van der Waals surface area contributed by atoms with Crippen molar-refractivity contribution in [3.8, 4) is 0 Å². The van der Waals surface area contributed by atoms with Crippen LogP contribution in [0.15, 0.2) is 0 Å². The summed E-state index contributed by atoms with van der Waals surface area (Å²) in [6.07, 6.45) is 1.06. The molecule has 0 spiro atoms. The fraction of sp³-hybridized carbons (Fsp3) is 0.875. The fourth-order valence-corrected chi connectivity index (χ4v) is 1.08. The SMILES string of the molecule is CC(C)C(C=O)C(C)C. The molecule has 0 aliphatic heterocycles. The predicted octanol–water partition coefficient (Wildman–Crippen LogP) is 2.11. The van der Waals surface area contributed by atoms with E-state index >= 15 is 0 Å². The van der Waals surface area contributed by atoms with Crippen LogP contribution in [0.3, 0.4) is 0 Å². The van der Waals surface area contributed by atoms with Crippen molar-refractivity contribution in [2.24, 2.45) is 17.8 Å². The minimum atomic E-state index is 0.241. The fourth-order valence-electron chi connectivity index (χ4n) is 1.08. The average Bonchev–Trinajstić information content (AvgIpc) is 1.64. The highest BCUT2D eigenvalue weighted by Crippen LogP contribution is 2.16. The van der Waals surface area contributed by atoms with Gasteiger partial charge < -0.3 is 4.79 Å². The highest BCUT2D eigenvalue weighted by molar-refractivity contribution is 5.54. The number of hydrogen-bond donors (Lipinski definition) is 0. The van der Waals surface area contributed by atoms with Crippen LogP contribution in [0, 0.1) is 17.8 Å². The molecular formula is C8H16O. The maximum Gasteiger partial charge on any atom is 0.123 e. The lowest BCUT2D eigenvalue weighted by Crippen LogP contribution is -2.16. The summed E-state index contributed by atoms with van der Waals surface area (Å²) in [5.41, 5.74) is 0. The maximum atomic E-state index is 10.4. The number of hydrogen-bond acceptors (Lipinski definition) is 1. The zero-order valence-electron chi connectivity index (χ0n) is 6.72. The molecule has 0 atom stereocenters. The summed E-state index contributed by atoms with van der Waals surface area (Å²) < 4.78 is 0. The van der Waals surface area contributed by atoms with Gasteiger partial charge in [-0.25, -0.2) is 0 Å². The monoisotopic (exact) mass is 128 g/mol. The van der Waals surface area contributed by atoms with E-state index in [0.717, 1.165) is 6.29 Å². The molecule has 54 valence electrons. The Hall–Kier alpha value is -0.330. The first-order valence-corrected chi connectivity index (χ1v) is 3.55. The summed E-state index contributed by atoms with van der Waals surface area (Å²) in [4.78, 5) is 10.4. The number of aldehydes is 1. The Balaban J connectivity index is 3.82. The molecule has 0 aromatic rings. The van der Waals surface area contributed by atoms with Gasteiger partial charge in [-0.15, -0.1) is 0 Å². The predicted molar refractivity (Wildman–Crippen MR) is 39.2 cm³/mol. The number of carbonyl (C=O) groups excluding carboxylic acids is 1. The molecule has 0 heterocycles. The largest absolute Gasteiger partial charge is 0.303 e. The van der Waals surface area contributed by atoms with E-state index in [1.54, 1.807) is 0 Å². The Morgan fingerprint density at radius 2 is 1.33 bits per heavy atom. The Morgan fingerprint density at radius 3 is 1.33 bits per heavy atom. The first kappa shape index (κ1) is 8.67. The van der Waals surface area contributed by atoms with Gasteiger partial charge in [-0.3, -0.25) is 0 Å². The Morgan fingerprint density at radius 1 is 1.00 bits per heavy atom. The molecule has 0 bridgehead atoms. The molecule has 9 heavy (non-hydrogen) atoms. The van der Waals surface area contributed by atoms with Crippen LogP contribution in [-0.4, -0.2) is 6.29 Å². The van der Waals surface area contributed by atoms with Crippen molar-refractivity contribution in [1.29, 1.82) is 0 Å². The highest BCUT2D eigenvalue weighted by atomic mass is 16.1.